The summed E-state index contributed by atoms with van der Waals surface area (Å²) < 4.78 is 4.62. The summed E-state index contributed by atoms with van der Waals surface area (Å²) >= 11 is 0. The average Bonchev–Trinajstić information content (AvgIpc) is 2.28. The molecular formula is C11H13NO3. The molecule has 0 bridgehead atoms. The Bertz CT molecular complexity index is 379. The highest BCUT2D eigenvalue weighted by Gasteiger charge is 2.26. The van der Waals surface area contributed by atoms with Crippen LogP contribution >= 0.6 is 0 Å². The van der Waals surface area contributed by atoms with Crippen molar-refractivity contribution in [3.05, 3.63) is 23.0 Å². The Morgan fingerprint density at radius 2 is 2.27 bits per heavy atom. The number of rotatable bonds is 1. The summed E-state index contributed by atoms with van der Waals surface area (Å²) in [6.45, 7) is 0. The van der Waals surface area contributed by atoms with Gasteiger partial charge in [-0.25, -0.2) is 4.79 Å². The van der Waals surface area contributed by atoms with Crippen LogP contribution in [0.1, 0.15) is 25.7 Å². The summed E-state index contributed by atoms with van der Waals surface area (Å²) in [7, 11) is 1.34. The highest BCUT2D eigenvalue weighted by molar-refractivity contribution is 6.00. The molecule has 0 amide bonds. The smallest absolute Gasteiger partial charge is 0.335 e. The van der Waals surface area contributed by atoms with Gasteiger partial charge in [0.2, 0.25) is 0 Å². The number of carbonyl (C=O) groups is 2. The Labute approximate surface area is 88.0 Å². The lowest BCUT2D eigenvalue weighted by molar-refractivity contribution is -0.136. The van der Waals surface area contributed by atoms with Crippen molar-refractivity contribution in [1.29, 1.82) is 0 Å². The summed E-state index contributed by atoms with van der Waals surface area (Å²) in [5.74, 6) is -0.217. The van der Waals surface area contributed by atoms with Gasteiger partial charge in [0.1, 0.15) is 0 Å². The second-order valence-corrected chi connectivity index (χ2v) is 3.72. The Morgan fingerprint density at radius 3 is 3.00 bits per heavy atom. The maximum atomic E-state index is 11.6. The minimum absolute atomic E-state index is 0.151. The van der Waals surface area contributed by atoms with Crippen molar-refractivity contribution in [2.24, 2.45) is 0 Å². The van der Waals surface area contributed by atoms with Crippen LogP contribution in [0.4, 0.5) is 0 Å². The zero-order chi connectivity index (χ0) is 10.8. The second kappa shape index (κ2) is 3.88. The van der Waals surface area contributed by atoms with E-state index in [1.165, 1.54) is 7.11 Å². The molecule has 0 aromatic carbocycles. The minimum Gasteiger partial charge on any atom is -0.466 e. The monoisotopic (exact) mass is 207 g/mol. The van der Waals surface area contributed by atoms with Gasteiger partial charge in [-0.1, -0.05) is 0 Å². The van der Waals surface area contributed by atoms with Crippen molar-refractivity contribution < 1.29 is 14.3 Å². The van der Waals surface area contributed by atoms with Crippen molar-refractivity contribution in [1.82, 2.24) is 5.32 Å². The molecule has 0 radical (unpaired) electrons. The Balaban J connectivity index is 2.19. The van der Waals surface area contributed by atoms with Crippen LogP contribution in [0.15, 0.2) is 23.0 Å². The lowest BCUT2D eigenvalue weighted by Crippen LogP contribution is -2.25. The molecule has 0 saturated carbocycles. The summed E-state index contributed by atoms with van der Waals surface area (Å²) in [5, 5.41) is 3.01. The van der Waals surface area contributed by atoms with E-state index in [2.05, 4.69) is 10.1 Å². The molecule has 0 atom stereocenters. The summed E-state index contributed by atoms with van der Waals surface area (Å²) in [6, 6.07) is 0. The molecule has 0 unspecified atom stereocenters. The van der Waals surface area contributed by atoms with Gasteiger partial charge in [-0.15, -0.1) is 0 Å². The minimum atomic E-state index is -0.368. The van der Waals surface area contributed by atoms with E-state index in [1.54, 1.807) is 6.20 Å². The van der Waals surface area contributed by atoms with Crippen LogP contribution in [0.5, 0.6) is 0 Å². The van der Waals surface area contributed by atoms with Crippen molar-refractivity contribution in [3.63, 3.8) is 0 Å². The van der Waals surface area contributed by atoms with Crippen molar-refractivity contribution in [2.45, 2.75) is 25.7 Å². The van der Waals surface area contributed by atoms with E-state index in [9.17, 15) is 9.59 Å². The fraction of sp³-hybridized carbons (Fsp3) is 0.455. The van der Waals surface area contributed by atoms with E-state index in [1.807, 2.05) is 0 Å². The number of dihydropyridines is 1. The van der Waals surface area contributed by atoms with E-state index in [0.29, 0.717) is 18.4 Å². The fourth-order valence-electron chi connectivity index (χ4n) is 1.94. The average molecular weight is 207 g/mol. The number of esters is 1. The van der Waals surface area contributed by atoms with Gasteiger partial charge in [0, 0.05) is 30.3 Å². The quantitative estimate of drug-likeness (QED) is 0.653. The summed E-state index contributed by atoms with van der Waals surface area (Å²) in [4.78, 5) is 22.9. The largest absolute Gasteiger partial charge is 0.466 e. The number of carbonyl (C=O) groups excluding carboxylic acids is 2. The Morgan fingerprint density at radius 1 is 1.47 bits per heavy atom. The van der Waals surface area contributed by atoms with Crippen LogP contribution in [0.2, 0.25) is 0 Å². The molecule has 1 aliphatic heterocycles. The number of ether oxygens (including phenoxy) is 1. The standard InChI is InChI=1S/C11H13NO3/c1-15-11(14)7-5-8-9(12-6-7)3-2-4-10(8)13/h6,12H,2-5H2,1H3. The van der Waals surface area contributed by atoms with Crippen LogP contribution in [0.3, 0.4) is 0 Å². The number of hydrogen-bond donors (Lipinski definition) is 1. The SMILES string of the molecule is COC(=O)C1=CNC2=C(C1)C(=O)CCC2. The topological polar surface area (TPSA) is 55.4 Å². The summed E-state index contributed by atoms with van der Waals surface area (Å²) in [5.41, 5.74) is 2.24. The van der Waals surface area contributed by atoms with Gasteiger partial charge in [0.05, 0.1) is 12.7 Å². The number of hydrogen-bond acceptors (Lipinski definition) is 4. The predicted molar refractivity (Wildman–Crippen MR) is 53.7 cm³/mol. The first kappa shape index (κ1) is 9.96. The van der Waals surface area contributed by atoms with Crippen LogP contribution in [0, 0.1) is 0 Å². The summed E-state index contributed by atoms with van der Waals surface area (Å²) in [6.07, 6.45) is 4.43. The van der Waals surface area contributed by atoms with Gasteiger partial charge in [-0.3, -0.25) is 4.79 Å². The van der Waals surface area contributed by atoms with Crippen molar-refractivity contribution in [2.75, 3.05) is 7.11 Å². The highest BCUT2D eigenvalue weighted by Crippen LogP contribution is 2.28. The molecule has 1 aliphatic carbocycles. The molecule has 2 rings (SSSR count). The van der Waals surface area contributed by atoms with E-state index in [4.69, 9.17) is 0 Å². The Hall–Kier alpha value is -1.58. The molecule has 0 aromatic rings. The second-order valence-electron chi connectivity index (χ2n) is 3.72. The van der Waals surface area contributed by atoms with Gasteiger partial charge in [-0.2, -0.15) is 0 Å². The zero-order valence-corrected chi connectivity index (χ0v) is 8.63. The molecule has 4 heteroatoms. The molecule has 80 valence electrons. The maximum absolute atomic E-state index is 11.6. The van der Waals surface area contributed by atoms with Gasteiger partial charge in [0.25, 0.3) is 0 Å². The van der Waals surface area contributed by atoms with Gasteiger partial charge in [-0.05, 0) is 12.8 Å². The number of methoxy groups -OCH3 is 1. The molecular weight excluding hydrogens is 194 g/mol. The van der Waals surface area contributed by atoms with E-state index in [0.717, 1.165) is 24.1 Å². The first-order chi connectivity index (χ1) is 7.22. The predicted octanol–water partition coefficient (Wildman–Crippen LogP) is 1.04. The third kappa shape index (κ3) is 1.79. The third-order valence-electron chi connectivity index (χ3n) is 2.77. The van der Waals surface area contributed by atoms with Gasteiger partial charge in [0.15, 0.2) is 5.78 Å². The molecule has 4 nitrogen and oxygen atoms in total. The molecule has 0 fully saturated rings. The maximum Gasteiger partial charge on any atom is 0.335 e. The van der Waals surface area contributed by atoms with Gasteiger partial charge < -0.3 is 10.1 Å². The van der Waals surface area contributed by atoms with Crippen LogP contribution < -0.4 is 5.32 Å². The number of ketones is 1. The number of allylic oxidation sites excluding steroid dienone is 2. The van der Waals surface area contributed by atoms with Crippen molar-refractivity contribution in [3.8, 4) is 0 Å². The molecule has 0 spiro atoms. The lowest BCUT2D eigenvalue weighted by atomic mass is 9.88. The molecule has 1 N–H and O–H groups in total. The molecule has 0 saturated heterocycles. The number of Topliss-reactive ketones (excluding diaryl/α,β-unsaturated/α-hetero) is 1. The van der Waals surface area contributed by atoms with E-state index < -0.39 is 0 Å². The molecule has 1 heterocycles. The van der Waals surface area contributed by atoms with Crippen molar-refractivity contribution >= 4 is 11.8 Å². The van der Waals surface area contributed by atoms with E-state index >= 15 is 0 Å². The highest BCUT2D eigenvalue weighted by atomic mass is 16.5. The Kier molecular flexibility index (Phi) is 2.58. The number of nitrogens with one attached hydrogen (secondary N) is 1. The fourth-order valence-corrected chi connectivity index (χ4v) is 1.94. The lowest BCUT2D eigenvalue weighted by Gasteiger charge is -2.23. The first-order valence-electron chi connectivity index (χ1n) is 5.01. The molecule has 0 aromatic heterocycles. The molecule has 15 heavy (non-hydrogen) atoms. The zero-order valence-electron chi connectivity index (χ0n) is 8.63. The van der Waals surface area contributed by atoms with Crippen LogP contribution in [0.25, 0.3) is 0 Å². The van der Waals surface area contributed by atoms with Gasteiger partial charge >= 0.3 is 5.97 Å². The van der Waals surface area contributed by atoms with E-state index in [-0.39, 0.29) is 11.8 Å². The molecule has 2 aliphatic rings. The first-order valence-corrected chi connectivity index (χ1v) is 5.01. The normalized spacial score (nSPS) is 20.3. The van der Waals surface area contributed by atoms with Crippen LogP contribution in [-0.4, -0.2) is 18.9 Å². The van der Waals surface area contributed by atoms with Crippen LogP contribution in [-0.2, 0) is 14.3 Å². The third-order valence-corrected chi connectivity index (χ3v) is 2.77.